The Bertz CT molecular complexity index is 1510. The lowest BCUT2D eigenvalue weighted by Crippen LogP contribution is -2.41. The number of hydrogen-bond donors (Lipinski definition) is 1. The summed E-state index contributed by atoms with van der Waals surface area (Å²) in [5.41, 5.74) is 4.83. The van der Waals surface area contributed by atoms with E-state index in [-0.39, 0.29) is 11.8 Å². The van der Waals surface area contributed by atoms with Crippen molar-refractivity contribution >= 4 is 34.3 Å². The van der Waals surface area contributed by atoms with Gasteiger partial charge in [0.15, 0.2) is 11.0 Å². The van der Waals surface area contributed by atoms with Crippen LogP contribution in [0.5, 0.6) is 5.75 Å². The van der Waals surface area contributed by atoms with E-state index in [1.165, 1.54) is 35.3 Å². The molecule has 4 aromatic rings. The van der Waals surface area contributed by atoms with Gasteiger partial charge in [-0.05, 0) is 79.9 Å². The highest BCUT2D eigenvalue weighted by Crippen LogP contribution is 2.29. The Labute approximate surface area is 232 Å². The van der Waals surface area contributed by atoms with Gasteiger partial charge in [0.05, 0.1) is 11.4 Å². The molecule has 12 heteroatoms. The normalized spacial score (nSPS) is 14.8. The zero-order valence-corrected chi connectivity index (χ0v) is 22.5. The molecule has 40 heavy (non-hydrogen) atoms. The van der Waals surface area contributed by atoms with Crippen LogP contribution < -0.4 is 10.1 Å². The molecule has 206 valence electrons. The Morgan fingerprint density at radius 3 is 2.40 bits per heavy atom. The van der Waals surface area contributed by atoms with E-state index in [1.807, 2.05) is 32.0 Å². The zero-order valence-electron chi connectivity index (χ0n) is 21.6. The summed E-state index contributed by atoms with van der Waals surface area (Å²) in [5, 5.41) is 8.03. The number of nitrogens with zero attached hydrogens (tertiary/aromatic N) is 5. The quantitative estimate of drug-likeness (QED) is 0.278. The van der Waals surface area contributed by atoms with Gasteiger partial charge >= 0.3 is 12.4 Å². The average Bonchev–Trinajstić information content (AvgIpc) is 3.41. The fourth-order valence-corrected chi connectivity index (χ4v) is 5.07. The molecular formula is C28H25F3N6O2S. The topological polar surface area (TPSA) is 84.6 Å². The molecule has 0 bridgehead atoms. The lowest BCUT2D eigenvalue weighted by Gasteiger charge is -2.28. The van der Waals surface area contributed by atoms with E-state index >= 15 is 0 Å². The van der Waals surface area contributed by atoms with Crippen molar-refractivity contribution in [2.75, 3.05) is 17.6 Å². The number of rotatable bonds is 5. The Hall–Kier alpha value is -4.32. The minimum atomic E-state index is -4.75. The Morgan fingerprint density at radius 2 is 1.73 bits per heavy atom. The smallest absolute Gasteiger partial charge is 0.406 e. The van der Waals surface area contributed by atoms with Gasteiger partial charge in [-0.1, -0.05) is 30.0 Å². The minimum absolute atomic E-state index is 0.259. The van der Waals surface area contributed by atoms with Crippen LogP contribution in [-0.4, -0.2) is 49.5 Å². The van der Waals surface area contributed by atoms with Crippen LogP contribution in [0.4, 0.5) is 29.3 Å². The number of halogens is 3. The van der Waals surface area contributed by atoms with Crippen molar-refractivity contribution in [2.45, 2.75) is 26.6 Å². The summed E-state index contributed by atoms with van der Waals surface area (Å²) in [6.07, 6.45) is -2.42. The Balaban J connectivity index is 1.26. The van der Waals surface area contributed by atoms with Crippen molar-refractivity contribution in [3.8, 4) is 22.8 Å². The summed E-state index contributed by atoms with van der Waals surface area (Å²) in [4.78, 5) is 24.0. The average molecular weight is 567 g/mol. The van der Waals surface area contributed by atoms with Crippen molar-refractivity contribution in [1.82, 2.24) is 19.7 Å². The molecular weight excluding hydrogens is 541 g/mol. The summed E-state index contributed by atoms with van der Waals surface area (Å²) >= 11 is 1.56. The number of nitrogens with one attached hydrogen (secondary N) is 1. The number of carbonyl (C=O) groups is 1. The SMILES string of the molecule is Cc1cccc(C)c1/N=C1\SCCCN1C(=O)Nc1ccc(-c2ncn(-c3ccc(OC(F)(F)F)cc3)n2)cc1. The van der Waals surface area contributed by atoms with Crippen LogP contribution in [-0.2, 0) is 0 Å². The number of thioether (sulfide) groups is 1. The molecule has 0 unspecified atom stereocenters. The maximum absolute atomic E-state index is 13.2. The number of alkyl halides is 3. The van der Waals surface area contributed by atoms with Crippen molar-refractivity contribution in [2.24, 2.45) is 4.99 Å². The number of ether oxygens (including phenoxy) is 1. The summed E-state index contributed by atoms with van der Waals surface area (Å²) in [5.74, 6) is 0.998. The van der Waals surface area contributed by atoms with Crippen LogP contribution in [0.3, 0.4) is 0 Å². The number of benzene rings is 3. The standard InChI is InChI=1S/C28H25F3N6O2S/c1-18-5-3-6-19(2)24(18)34-27-36(15-4-16-40-27)26(38)33-21-9-7-20(8-10-21)25-32-17-37(35-25)22-11-13-23(14-12-22)39-28(29,30)31/h3,5-14,17H,4,15-16H2,1-2H3,(H,33,38)/b34-27-. The summed E-state index contributed by atoms with van der Waals surface area (Å²) in [7, 11) is 0. The molecule has 1 N–H and O–H groups in total. The molecule has 0 atom stereocenters. The molecule has 0 saturated carbocycles. The van der Waals surface area contributed by atoms with E-state index in [0.717, 1.165) is 29.0 Å². The maximum atomic E-state index is 13.2. The van der Waals surface area contributed by atoms with E-state index in [0.29, 0.717) is 34.5 Å². The molecule has 0 radical (unpaired) electrons. The first-order chi connectivity index (χ1) is 19.2. The highest BCUT2D eigenvalue weighted by molar-refractivity contribution is 8.13. The number of anilines is 1. The third-order valence-corrected chi connectivity index (χ3v) is 7.16. The molecule has 1 fully saturated rings. The fourth-order valence-electron chi connectivity index (χ4n) is 4.13. The molecule has 0 spiro atoms. The van der Waals surface area contributed by atoms with E-state index in [2.05, 4.69) is 20.1 Å². The van der Waals surface area contributed by atoms with Crippen LogP contribution in [0.15, 0.2) is 78.0 Å². The van der Waals surface area contributed by atoms with Gasteiger partial charge in [0.25, 0.3) is 0 Å². The number of carbonyl (C=O) groups excluding carboxylic acids is 1. The van der Waals surface area contributed by atoms with Gasteiger partial charge in [0.2, 0.25) is 0 Å². The third kappa shape index (κ3) is 6.45. The van der Waals surface area contributed by atoms with Crippen LogP contribution in [0, 0.1) is 13.8 Å². The largest absolute Gasteiger partial charge is 0.573 e. The van der Waals surface area contributed by atoms with Crippen molar-refractivity contribution in [3.63, 3.8) is 0 Å². The molecule has 0 aliphatic carbocycles. The van der Waals surface area contributed by atoms with Gasteiger partial charge in [-0.3, -0.25) is 4.90 Å². The van der Waals surface area contributed by atoms with Gasteiger partial charge in [-0.15, -0.1) is 18.3 Å². The van der Waals surface area contributed by atoms with Crippen LogP contribution in [0.25, 0.3) is 17.1 Å². The number of urea groups is 1. The molecule has 3 aromatic carbocycles. The summed E-state index contributed by atoms with van der Waals surface area (Å²) in [6.45, 7) is 4.59. The highest BCUT2D eigenvalue weighted by atomic mass is 32.2. The highest BCUT2D eigenvalue weighted by Gasteiger charge is 2.31. The number of para-hydroxylation sites is 1. The lowest BCUT2D eigenvalue weighted by atomic mass is 10.1. The van der Waals surface area contributed by atoms with Gasteiger partial charge in [-0.25, -0.2) is 19.5 Å². The van der Waals surface area contributed by atoms with E-state index < -0.39 is 6.36 Å². The predicted molar refractivity (Wildman–Crippen MR) is 149 cm³/mol. The number of hydrogen-bond acceptors (Lipinski definition) is 6. The first-order valence-electron chi connectivity index (χ1n) is 12.4. The van der Waals surface area contributed by atoms with Crippen LogP contribution >= 0.6 is 11.8 Å². The Kier molecular flexibility index (Phi) is 7.78. The van der Waals surface area contributed by atoms with Crippen LogP contribution in [0.1, 0.15) is 17.5 Å². The minimum Gasteiger partial charge on any atom is -0.406 e. The predicted octanol–water partition coefficient (Wildman–Crippen LogP) is 7.11. The van der Waals surface area contributed by atoms with E-state index in [9.17, 15) is 18.0 Å². The number of aliphatic imine (C=N–C) groups is 1. The molecule has 2 amide bonds. The monoisotopic (exact) mass is 566 g/mol. The van der Waals surface area contributed by atoms with E-state index in [1.54, 1.807) is 40.9 Å². The second-order valence-electron chi connectivity index (χ2n) is 9.05. The molecule has 8 nitrogen and oxygen atoms in total. The molecule has 1 aromatic heterocycles. The van der Waals surface area contributed by atoms with Crippen LogP contribution in [0.2, 0.25) is 0 Å². The zero-order chi connectivity index (χ0) is 28.3. The fraction of sp³-hybridized carbons (Fsp3) is 0.214. The lowest BCUT2D eigenvalue weighted by molar-refractivity contribution is -0.274. The number of amides is 2. The van der Waals surface area contributed by atoms with Gasteiger partial charge < -0.3 is 10.1 Å². The Morgan fingerprint density at radius 1 is 1.02 bits per heavy atom. The summed E-state index contributed by atoms with van der Waals surface area (Å²) < 4.78 is 42.5. The van der Waals surface area contributed by atoms with Gasteiger partial charge in [-0.2, -0.15) is 0 Å². The second kappa shape index (κ2) is 11.4. The molecule has 5 rings (SSSR count). The first-order valence-corrected chi connectivity index (χ1v) is 13.4. The number of amidine groups is 1. The first kappa shape index (κ1) is 27.3. The van der Waals surface area contributed by atoms with Gasteiger partial charge in [0.1, 0.15) is 12.1 Å². The molecule has 1 aliphatic heterocycles. The number of aryl methyl sites for hydroxylation is 2. The van der Waals surface area contributed by atoms with Gasteiger partial charge in [0, 0.05) is 23.5 Å². The molecule has 1 aliphatic rings. The second-order valence-corrected chi connectivity index (χ2v) is 10.1. The maximum Gasteiger partial charge on any atom is 0.573 e. The van der Waals surface area contributed by atoms with Crippen molar-refractivity contribution in [1.29, 1.82) is 0 Å². The van der Waals surface area contributed by atoms with Crippen molar-refractivity contribution in [3.05, 3.63) is 84.2 Å². The molecule has 2 heterocycles. The third-order valence-electron chi connectivity index (χ3n) is 6.10. The molecule has 1 saturated heterocycles. The van der Waals surface area contributed by atoms with Crippen molar-refractivity contribution < 1.29 is 22.7 Å². The number of aromatic nitrogens is 3. The summed E-state index contributed by atoms with van der Waals surface area (Å²) in [6, 6.07) is 18.2. The van der Waals surface area contributed by atoms with E-state index in [4.69, 9.17) is 4.99 Å².